The first-order valence-corrected chi connectivity index (χ1v) is 24.6. The quantitative estimate of drug-likeness (QED) is 0.171. The Morgan fingerprint density at radius 2 is 0.803 bits per heavy atom. The van der Waals surface area contributed by atoms with E-state index < -0.39 is 0 Å². The number of fused-ring (bicyclic) bond motifs is 15. The number of hydrogen-bond acceptors (Lipinski definition) is 2. The van der Waals surface area contributed by atoms with E-state index in [0.29, 0.717) is 0 Å². The fourth-order valence-corrected chi connectivity index (χ4v) is 11.9. The Labute approximate surface area is 410 Å². The maximum absolute atomic E-state index is 5.61. The number of para-hydroxylation sites is 1. The lowest BCUT2D eigenvalue weighted by atomic mass is 9.91. The molecule has 0 amide bonds. The average Bonchev–Trinajstić information content (AvgIpc) is 3.80. The minimum atomic E-state index is -0.177. The van der Waals surface area contributed by atoms with Crippen molar-refractivity contribution in [3.8, 4) is 22.3 Å². The summed E-state index contributed by atoms with van der Waals surface area (Å²) in [5.41, 5.74) is 13.4. The lowest BCUT2D eigenvalue weighted by molar-refractivity contribution is 0.879. The van der Waals surface area contributed by atoms with Crippen LogP contribution in [0.3, 0.4) is 0 Å². The maximum atomic E-state index is 5.61. The van der Waals surface area contributed by atoms with Gasteiger partial charge in [-0.2, -0.15) is 0 Å². The molecule has 1 unspecified atom stereocenters. The van der Waals surface area contributed by atoms with E-state index in [1.165, 1.54) is 109 Å². The second kappa shape index (κ2) is 15.6. The van der Waals surface area contributed by atoms with Gasteiger partial charge in [-0.05, 0) is 123 Å². The zero-order valence-electron chi connectivity index (χ0n) is 38.6. The zero-order chi connectivity index (χ0) is 46.6. The van der Waals surface area contributed by atoms with Gasteiger partial charge in [-0.3, -0.25) is 0 Å². The van der Waals surface area contributed by atoms with Crippen LogP contribution in [0, 0.1) is 0 Å². The molecule has 15 rings (SSSR count). The van der Waals surface area contributed by atoms with Crippen molar-refractivity contribution >= 4 is 109 Å². The summed E-state index contributed by atoms with van der Waals surface area (Å²) >= 11 is 0. The molecule has 1 aromatic heterocycles. The summed E-state index contributed by atoms with van der Waals surface area (Å²) in [4.78, 5) is 5.61. The highest BCUT2D eigenvalue weighted by molar-refractivity contribution is 6.32. The van der Waals surface area contributed by atoms with Crippen LogP contribution in [0.15, 0.2) is 254 Å². The first-order chi connectivity index (χ1) is 35.2. The molecular formula is C68H43N3. The van der Waals surface area contributed by atoms with Crippen LogP contribution < -0.4 is 5.32 Å². The molecule has 0 spiro atoms. The molecule has 71 heavy (non-hydrogen) atoms. The SMILES string of the molecule is C1=CC2=NC(c3ccc(-c4cc5ccccc5c5ccccc45)cc3)=C(c3ccc(-c4cc5ccccc5c5ccccc45)cc3)NC2C=C1n1c2ccccc2c2c3ccccc3c3ccccc3c21. The fraction of sp³-hybridized carbons (Fsp3) is 0.0147. The van der Waals surface area contributed by atoms with E-state index in [-0.39, 0.29) is 6.04 Å². The molecule has 0 saturated heterocycles. The van der Waals surface area contributed by atoms with Crippen molar-refractivity contribution in [3.05, 3.63) is 260 Å². The number of aliphatic imine (C=N–C) groups is 1. The van der Waals surface area contributed by atoms with E-state index >= 15 is 0 Å². The highest BCUT2D eigenvalue weighted by Gasteiger charge is 2.28. The molecule has 1 aliphatic heterocycles. The number of nitrogens with zero attached hydrogens (tertiary/aromatic N) is 2. The maximum Gasteiger partial charge on any atom is 0.0944 e. The van der Waals surface area contributed by atoms with E-state index in [2.05, 4.69) is 259 Å². The Hall–Kier alpha value is -9.31. The smallest absolute Gasteiger partial charge is 0.0944 e. The van der Waals surface area contributed by atoms with Crippen LogP contribution in [0.4, 0.5) is 0 Å². The topological polar surface area (TPSA) is 29.3 Å². The predicted octanol–water partition coefficient (Wildman–Crippen LogP) is 17.4. The summed E-state index contributed by atoms with van der Waals surface area (Å²) < 4.78 is 2.48. The molecule has 12 aromatic carbocycles. The summed E-state index contributed by atoms with van der Waals surface area (Å²) in [6, 6.07) is 84.2. The fourth-order valence-electron chi connectivity index (χ4n) is 11.9. The summed E-state index contributed by atoms with van der Waals surface area (Å²) in [7, 11) is 0. The second-order valence-electron chi connectivity index (χ2n) is 19.0. The lowest BCUT2D eigenvalue weighted by Gasteiger charge is -2.30. The van der Waals surface area contributed by atoms with Crippen LogP contribution in [0.1, 0.15) is 11.1 Å². The molecule has 0 radical (unpaired) electrons. The van der Waals surface area contributed by atoms with Crippen LogP contribution >= 0.6 is 0 Å². The third-order valence-corrected chi connectivity index (χ3v) is 15.2. The van der Waals surface area contributed by atoms with Crippen molar-refractivity contribution in [1.29, 1.82) is 0 Å². The van der Waals surface area contributed by atoms with E-state index in [9.17, 15) is 0 Å². The molecule has 13 aromatic rings. The highest BCUT2D eigenvalue weighted by Crippen LogP contribution is 2.44. The van der Waals surface area contributed by atoms with Crippen molar-refractivity contribution in [2.24, 2.45) is 4.99 Å². The Bertz CT molecular complexity index is 4520. The Kier molecular flexibility index (Phi) is 8.72. The summed E-state index contributed by atoms with van der Waals surface area (Å²) in [6.45, 7) is 0. The third-order valence-electron chi connectivity index (χ3n) is 15.2. The minimum absolute atomic E-state index is 0.177. The predicted molar refractivity (Wildman–Crippen MR) is 303 cm³/mol. The number of nitrogens with one attached hydrogen (secondary N) is 1. The number of allylic oxidation sites excluding steroid dienone is 2. The van der Waals surface area contributed by atoms with E-state index in [1.807, 2.05) is 0 Å². The molecule has 3 nitrogen and oxygen atoms in total. The lowest BCUT2D eigenvalue weighted by Crippen LogP contribution is -2.38. The van der Waals surface area contributed by atoms with Crippen LogP contribution in [0.5, 0.6) is 0 Å². The first kappa shape index (κ1) is 39.7. The van der Waals surface area contributed by atoms with Gasteiger partial charge in [-0.1, -0.05) is 212 Å². The van der Waals surface area contributed by atoms with Crippen molar-refractivity contribution in [1.82, 2.24) is 9.88 Å². The van der Waals surface area contributed by atoms with Gasteiger partial charge in [0.1, 0.15) is 0 Å². The van der Waals surface area contributed by atoms with Gasteiger partial charge >= 0.3 is 0 Å². The normalized spacial score (nSPS) is 14.8. The molecule has 0 saturated carbocycles. The van der Waals surface area contributed by atoms with Gasteiger partial charge in [0, 0.05) is 27.4 Å². The van der Waals surface area contributed by atoms with E-state index in [4.69, 9.17) is 4.99 Å². The monoisotopic (exact) mass is 901 g/mol. The molecule has 1 N–H and O–H groups in total. The summed E-state index contributed by atoms with van der Waals surface area (Å²) in [5.74, 6) is 0. The first-order valence-electron chi connectivity index (χ1n) is 24.6. The van der Waals surface area contributed by atoms with Gasteiger partial charge in [0.05, 0.1) is 34.2 Å². The van der Waals surface area contributed by atoms with E-state index in [0.717, 1.165) is 33.9 Å². The largest absolute Gasteiger partial charge is 0.371 e. The molecular weight excluding hydrogens is 859 g/mol. The van der Waals surface area contributed by atoms with Crippen molar-refractivity contribution in [2.45, 2.75) is 6.04 Å². The van der Waals surface area contributed by atoms with Gasteiger partial charge in [0.15, 0.2) is 0 Å². The number of rotatable bonds is 5. The van der Waals surface area contributed by atoms with Gasteiger partial charge in [-0.15, -0.1) is 0 Å². The molecule has 330 valence electrons. The van der Waals surface area contributed by atoms with E-state index in [1.54, 1.807) is 0 Å². The highest BCUT2D eigenvalue weighted by atomic mass is 15.0. The van der Waals surface area contributed by atoms with Gasteiger partial charge in [0.25, 0.3) is 0 Å². The molecule has 1 aliphatic carbocycles. The van der Waals surface area contributed by atoms with Gasteiger partial charge in [0.2, 0.25) is 0 Å². The van der Waals surface area contributed by atoms with Crippen molar-refractivity contribution in [3.63, 3.8) is 0 Å². The number of benzene rings is 12. The second-order valence-corrected chi connectivity index (χ2v) is 19.0. The molecule has 3 heteroatoms. The molecule has 1 atom stereocenters. The van der Waals surface area contributed by atoms with Crippen LogP contribution in [0.25, 0.3) is 126 Å². The number of hydrogen-bond donors (Lipinski definition) is 1. The van der Waals surface area contributed by atoms with Crippen LogP contribution in [-0.4, -0.2) is 16.3 Å². The molecule has 0 bridgehead atoms. The standard InChI is InChI=1S/C68H43N3/c1-3-17-49-46(15-1)39-60(55-23-7-5-19-51(49)55)42-29-33-44(34-30-42)66-67(45-35-31-43(32-36-45)61-40-47-16-2-4-18-50(47)52-20-6-8-24-56(52)61)70-63-41-48(37-38-62(63)69-66)71-64-28-14-13-27-59(64)65-57-25-11-9-21-53(57)54-22-10-12-26-58(54)68(65)71/h1-41,63,70H. The summed E-state index contributed by atoms with van der Waals surface area (Å²) in [6.07, 6.45) is 6.85. The van der Waals surface area contributed by atoms with Gasteiger partial charge in [-0.25, -0.2) is 4.99 Å². The Balaban J connectivity index is 0.888. The van der Waals surface area contributed by atoms with Crippen molar-refractivity contribution in [2.75, 3.05) is 0 Å². The van der Waals surface area contributed by atoms with Crippen LogP contribution in [-0.2, 0) is 0 Å². The number of aromatic nitrogens is 1. The summed E-state index contributed by atoms with van der Waals surface area (Å²) in [5, 5.41) is 21.7. The molecule has 2 heterocycles. The van der Waals surface area contributed by atoms with Gasteiger partial charge < -0.3 is 9.88 Å². The average molecular weight is 902 g/mol. The Morgan fingerprint density at radius 1 is 0.366 bits per heavy atom. The van der Waals surface area contributed by atoms with Crippen LogP contribution in [0.2, 0.25) is 0 Å². The van der Waals surface area contributed by atoms with Crippen molar-refractivity contribution < 1.29 is 0 Å². The Morgan fingerprint density at radius 3 is 1.39 bits per heavy atom. The molecule has 2 aliphatic rings. The molecule has 0 fully saturated rings. The third kappa shape index (κ3) is 6.13. The zero-order valence-corrected chi connectivity index (χ0v) is 38.6. The minimum Gasteiger partial charge on any atom is -0.371 e.